The lowest BCUT2D eigenvalue weighted by Crippen LogP contribution is -2.16. The van der Waals surface area contributed by atoms with Crippen molar-refractivity contribution in [2.45, 2.75) is 19.9 Å². The molecule has 2 aromatic rings. The van der Waals surface area contributed by atoms with Gasteiger partial charge in [0.25, 0.3) is 0 Å². The van der Waals surface area contributed by atoms with Crippen LogP contribution in [0.4, 0.5) is 0 Å². The molecule has 0 radical (unpaired) electrons. The van der Waals surface area contributed by atoms with Gasteiger partial charge in [-0.3, -0.25) is 0 Å². The first-order chi connectivity index (χ1) is 7.18. The second kappa shape index (κ2) is 3.77. The molecule has 7 heteroatoms. The van der Waals surface area contributed by atoms with Gasteiger partial charge in [0.05, 0.1) is 12.2 Å². The maximum Gasteiger partial charge on any atom is 0.244 e. The highest BCUT2D eigenvalue weighted by atomic mass is 16.5. The lowest BCUT2D eigenvalue weighted by atomic mass is 10.1. The van der Waals surface area contributed by atoms with E-state index in [4.69, 9.17) is 10.3 Å². The molecule has 0 aliphatic carbocycles. The summed E-state index contributed by atoms with van der Waals surface area (Å²) >= 11 is 0. The summed E-state index contributed by atoms with van der Waals surface area (Å²) in [5, 5.41) is 13.8. The van der Waals surface area contributed by atoms with Crippen LogP contribution in [0.2, 0.25) is 0 Å². The van der Waals surface area contributed by atoms with E-state index in [0.717, 1.165) is 0 Å². The third-order valence-electron chi connectivity index (χ3n) is 2.09. The van der Waals surface area contributed by atoms with Gasteiger partial charge in [-0.25, -0.2) is 0 Å². The first-order valence-electron chi connectivity index (χ1n) is 4.64. The maximum atomic E-state index is 5.86. The fourth-order valence-corrected chi connectivity index (χ4v) is 1.07. The van der Waals surface area contributed by atoms with Crippen LogP contribution in [0.5, 0.6) is 0 Å². The Balaban J connectivity index is 2.25. The second-order valence-corrected chi connectivity index (χ2v) is 3.58. The molecule has 0 aromatic carbocycles. The van der Waals surface area contributed by atoms with E-state index in [0.29, 0.717) is 17.4 Å². The Morgan fingerprint density at radius 3 is 2.87 bits per heavy atom. The first-order valence-corrected chi connectivity index (χ1v) is 4.64. The van der Waals surface area contributed by atoms with Crippen LogP contribution in [-0.2, 0) is 0 Å². The van der Waals surface area contributed by atoms with Crippen LogP contribution in [0.15, 0.2) is 10.7 Å². The van der Waals surface area contributed by atoms with Gasteiger partial charge in [0.15, 0.2) is 5.69 Å². The summed E-state index contributed by atoms with van der Waals surface area (Å²) in [7, 11) is 0. The van der Waals surface area contributed by atoms with E-state index in [1.807, 2.05) is 13.8 Å². The van der Waals surface area contributed by atoms with Crippen molar-refractivity contribution in [1.82, 2.24) is 25.6 Å². The highest BCUT2D eigenvalue weighted by Gasteiger charge is 2.19. The minimum absolute atomic E-state index is 0.246. The van der Waals surface area contributed by atoms with E-state index < -0.39 is 0 Å². The predicted molar refractivity (Wildman–Crippen MR) is 51.4 cm³/mol. The van der Waals surface area contributed by atoms with Gasteiger partial charge >= 0.3 is 0 Å². The standard InChI is InChI=1S/C8H12N6O/c1-4(2)6(9)8-11-7(13-15-8)5-3-10-14-12-5/h3-4,6H,9H2,1-2H3,(H,10,12,14)/t6-/m1/s1. The van der Waals surface area contributed by atoms with Crippen molar-refractivity contribution in [3.05, 3.63) is 12.1 Å². The van der Waals surface area contributed by atoms with Crippen LogP contribution >= 0.6 is 0 Å². The number of nitrogens with one attached hydrogen (secondary N) is 1. The zero-order valence-corrected chi connectivity index (χ0v) is 8.51. The molecule has 0 aliphatic heterocycles. The Hall–Kier alpha value is -1.76. The minimum Gasteiger partial charge on any atom is -0.337 e. The van der Waals surface area contributed by atoms with Crippen LogP contribution < -0.4 is 5.73 Å². The zero-order chi connectivity index (χ0) is 10.8. The summed E-state index contributed by atoms with van der Waals surface area (Å²) in [5.74, 6) is 1.06. The number of nitrogens with two attached hydrogens (primary N) is 1. The lowest BCUT2D eigenvalue weighted by molar-refractivity contribution is 0.325. The Morgan fingerprint density at radius 1 is 1.47 bits per heavy atom. The van der Waals surface area contributed by atoms with Crippen molar-refractivity contribution in [1.29, 1.82) is 0 Å². The van der Waals surface area contributed by atoms with E-state index in [9.17, 15) is 0 Å². The largest absolute Gasteiger partial charge is 0.337 e. The quantitative estimate of drug-likeness (QED) is 0.761. The van der Waals surface area contributed by atoms with Gasteiger partial charge in [-0.05, 0) is 5.92 Å². The molecule has 0 spiro atoms. The molecule has 0 fully saturated rings. The van der Waals surface area contributed by atoms with Crippen molar-refractivity contribution in [2.75, 3.05) is 0 Å². The van der Waals surface area contributed by atoms with Gasteiger partial charge in [-0.15, -0.1) is 0 Å². The number of nitrogens with zero attached hydrogens (tertiary/aromatic N) is 4. The molecule has 0 unspecified atom stereocenters. The molecule has 80 valence electrons. The molecule has 0 saturated carbocycles. The smallest absolute Gasteiger partial charge is 0.244 e. The maximum absolute atomic E-state index is 5.86. The fraction of sp³-hybridized carbons (Fsp3) is 0.500. The average molecular weight is 208 g/mol. The van der Waals surface area contributed by atoms with Gasteiger partial charge in [0.2, 0.25) is 11.7 Å². The van der Waals surface area contributed by atoms with Gasteiger partial charge in [0.1, 0.15) is 0 Å². The fourth-order valence-electron chi connectivity index (χ4n) is 1.07. The second-order valence-electron chi connectivity index (χ2n) is 3.58. The van der Waals surface area contributed by atoms with Crippen LogP contribution in [0, 0.1) is 5.92 Å². The van der Waals surface area contributed by atoms with Gasteiger partial charge in [-0.1, -0.05) is 19.0 Å². The molecule has 2 aromatic heterocycles. The number of hydrogen-bond acceptors (Lipinski definition) is 6. The number of H-pyrrole nitrogens is 1. The third kappa shape index (κ3) is 1.86. The molecule has 3 N–H and O–H groups in total. The van der Waals surface area contributed by atoms with Crippen molar-refractivity contribution < 1.29 is 4.52 Å². The van der Waals surface area contributed by atoms with E-state index in [1.54, 1.807) is 0 Å². The molecule has 0 amide bonds. The Labute approximate surface area is 86.1 Å². The molecule has 1 atom stereocenters. The summed E-state index contributed by atoms with van der Waals surface area (Å²) in [4.78, 5) is 4.15. The molecule has 15 heavy (non-hydrogen) atoms. The van der Waals surface area contributed by atoms with Gasteiger partial charge < -0.3 is 10.3 Å². The van der Waals surface area contributed by atoms with E-state index in [1.165, 1.54) is 6.20 Å². The molecular formula is C8H12N6O. The molecule has 7 nitrogen and oxygen atoms in total. The van der Waals surface area contributed by atoms with E-state index in [2.05, 4.69) is 25.6 Å². The third-order valence-corrected chi connectivity index (χ3v) is 2.09. The number of hydrogen-bond donors (Lipinski definition) is 2. The molecule has 2 heterocycles. The van der Waals surface area contributed by atoms with E-state index in [-0.39, 0.29) is 12.0 Å². The molecule has 2 rings (SSSR count). The topological polar surface area (TPSA) is 107 Å². The van der Waals surface area contributed by atoms with Crippen molar-refractivity contribution in [2.24, 2.45) is 11.7 Å². The molecular weight excluding hydrogens is 196 g/mol. The SMILES string of the molecule is CC(C)[C@@H](N)c1nc(-c2cn[nH]n2)no1. The highest BCUT2D eigenvalue weighted by Crippen LogP contribution is 2.19. The summed E-state index contributed by atoms with van der Waals surface area (Å²) in [5.41, 5.74) is 6.41. The molecule has 0 aliphatic rings. The number of rotatable bonds is 3. The van der Waals surface area contributed by atoms with Crippen LogP contribution in [0.25, 0.3) is 11.5 Å². The van der Waals surface area contributed by atoms with Crippen molar-refractivity contribution in [3.8, 4) is 11.5 Å². The van der Waals surface area contributed by atoms with Gasteiger partial charge in [0, 0.05) is 0 Å². The Bertz CT molecular complexity index is 420. The van der Waals surface area contributed by atoms with Crippen LogP contribution in [-0.4, -0.2) is 25.6 Å². The zero-order valence-electron chi connectivity index (χ0n) is 8.51. The Morgan fingerprint density at radius 2 is 2.27 bits per heavy atom. The Kier molecular flexibility index (Phi) is 2.46. The summed E-state index contributed by atoms with van der Waals surface area (Å²) in [6, 6.07) is -0.252. The van der Waals surface area contributed by atoms with Gasteiger partial charge in [-0.2, -0.15) is 20.4 Å². The minimum atomic E-state index is -0.252. The molecule has 0 saturated heterocycles. The molecule has 0 bridgehead atoms. The van der Waals surface area contributed by atoms with Crippen molar-refractivity contribution >= 4 is 0 Å². The highest BCUT2D eigenvalue weighted by molar-refractivity contribution is 5.44. The van der Waals surface area contributed by atoms with Crippen LogP contribution in [0.1, 0.15) is 25.8 Å². The first kappa shape index (κ1) is 9.78. The van der Waals surface area contributed by atoms with Crippen molar-refractivity contribution in [3.63, 3.8) is 0 Å². The number of aromatic nitrogens is 5. The monoisotopic (exact) mass is 208 g/mol. The summed E-state index contributed by atoms with van der Waals surface area (Å²) < 4.78 is 5.04. The van der Waals surface area contributed by atoms with E-state index >= 15 is 0 Å². The summed E-state index contributed by atoms with van der Waals surface area (Å²) in [6.45, 7) is 3.98. The average Bonchev–Trinajstić information content (AvgIpc) is 2.86. The lowest BCUT2D eigenvalue weighted by Gasteiger charge is -2.08. The summed E-state index contributed by atoms with van der Waals surface area (Å²) in [6.07, 6.45) is 1.52. The normalized spacial score (nSPS) is 13.3. The predicted octanol–water partition coefficient (Wildman–Crippen LogP) is 0.510. The number of aromatic amines is 1. The van der Waals surface area contributed by atoms with Crippen LogP contribution in [0.3, 0.4) is 0 Å².